The van der Waals surface area contributed by atoms with Gasteiger partial charge in [0.1, 0.15) is 0 Å². The second-order valence-corrected chi connectivity index (χ2v) is 2.28. The molecule has 0 aliphatic rings. The van der Waals surface area contributed by atoms with Crippen LogP contribution in [0.3, 0.4) is 0 Å². The Balaban J connectivity index is -0.000000101. The summed E-state index contributed by atoms with van der Waals surface area (Å²) in [6.45, 7) is 10.3. The highest BCUT2D eigenvalue weighted by molar-refractivity contribution is 4.15. The van der Waals surface area contributed by atoms with E-state index < -0.39 is 0 Å². The maximum atomic E-state index is 4.54. The van der Waals surface area contributed by atoms with Gasteiger partial charge in [-0.25, -0.2) is 0 Å². The van der Waals surface area contributed by atoms with Crippen molar-refractivity contribution in [2.24, 2.45) is 0 Å². The summed E-state index contributed by atoms with van der Waals surface area (Å²) in [4.78, 5) is 0. The Hall–Kier alpha value is -0.0800. The van der Waals surface area contributed by atoms with Gasteiger partial charge in [-0.1, -0.05) is 33.6 Å². The summed E-state index contributed by atoms with van der Waals surface area (Å²) in [5, 5.41) is 2.93. The lowest BCUT2D eigenvalue weighted by molar-refractivity contribution is 0.215. The van der Waals surface area contributed by atoms with E-state index in [4.69, 9.17) is 0 Å². The maximum Gasteiger partial charge on any atom is 0.0433 e. The Morgan fingerprint density at radius 1 is 1.00 bits per heavy atom. The van der Waals surface area contributed by atoms with Crippen molar-refractivity contribution < 1.29 is 4.74 Å². The van der Waals surface area contributed by atoms with E-state index in [1.807, 2.05) is 14.0 Å². The molecule has 2 nitrogen and oxygen atoms in total. The molecule has 0 saturated carbocycles. The summed E-state index contributed by atoms with van der Waals surface area (Å²) in [6, 6.07) is 0. The van der Waals surface area contributed by atoms with E-state index in [0.29, 0.717) is 0 Å². The van der Waals surface area contributed by atoms with Crippen LogP contribution in [0.25, 0.3) is 0 Å². The fourth-order valence-electron chi connectivity index (χ4n) is 0. The van der Waals surface area contributed by atoms with Gasteiger partial charge in [-0.05, 0) is 20.5 Å². The summed E-state index contributed by atoms with van der Waals surface area (Å²) in [7, 11) is 3.61. The zero-order chi connectivity index (χ0) is 10.2. The molecule has 0 unspecified atom stereocenters. The molecule has 0 heterocycles. The molecule has 0 atom stereocenters. The van der Waals surface area contributed by atoms with Crippen molar-refractivity contribution in [3.8, 4) is 0 Å². The lowest BCUT2D eigenvalue weighted by atomic mass is 10.4. The first-order valence-corrected chi connectivity index (χ1v) is 4.88. The molecule has 0 saturated heterocycles. The quantitative estimate of drug-likeness (QED) is 0.715. The van der Waals surface area contributed by atoms with E-state index in [2.05, 4.69) is 30.8 Å². The summed E-state index contributed by atoms with van der Waals surface area (Å²) in [5.41, 5.74) is 0. The molecule has 0 aromatic carbocycles. The Morgan fingerprint density at radius 3 is 1.25 bits per heavy atom. The lowest BCUT2D eigenvalue weighted by Gasteiger charge is -1.76. The third-order valence-electron chi connectivity index (χ3n) is 1.14. The maximum absolute atomic E-state index is 4.54. The Kier molecular flexibility index (Phi) is 45.6. The number of rotatable bonds is 3. The average molecular weight is 177 g/mol. The summed E-state index contributed by atoms with van der Waals surface area (Å²) < 4.78 is 4.54. The molecule has 0 amide bonds. The first kappa shape index (κ1) is 17.9. The molecule has 0 aliphatic carbocycles. The third kappa shape index (κ3) is 92.6. The fraction of sp³-hybridized carbons (Fsp3) is 1.00. The van der Waals surface area contributed by atoms with Crippen LogP contribution < -0.4 is 5.32 Å². The molecule has 78 valence electrons. The predicted octanol–water partition coefficient (Wildman–Crippen LogP) is 2.68. The van der Waals surface area contributed by atoms with E-state index in [0.717, 1.165) is 13.2 Å². The third-order valence-corrected chi connectivity index (χ3v) is 1.14. The van der Waals surface area contributed by atoms with Crippen LogP contribution in [0.1, 0.15) is 40.5 Å². The van der Waals surface area contributed by atoms with Crippen molar-refractivity contribution in [1.82, 2.24) is 5.32 Å². The van der Waals surface area contributed by atoms with Crippen molar-refractivity contribution in [3.63, 3.8) is 0 Å². The van der Waals surface area contributed by atoms with Gasteiger partial charge in [0.25, 0.3) is 0 Å². The number of nitrogens with one attached hydrogen (secondary N) is 1. The summed E-state index contributed by atoms with van der Waals surface area (Å²) >= 11 is 0. The average Bonchev–Trinajstić information content (AvgIpc) is 2.18. The smallest absolute Gasteiger partial charge is 0.0433 e. The molecule has 0 bridgehead atoms. The highest BCUT2D eigenvalue weighted by atomic mass is 16.5. The van der Waals surface area contributed by atoms with Gasteiger partial charge in [0.05, 0.1) is 0 Å². The Bertz CT molecular complexity index is 25.3. The SMILES string of the molecule is CCCC.CCNC.CCOC. The van der Waals surface area contributed by atoms with Gasteiger partial charge in [-0.2, -0.15) is 0 Å². The van der Waals surface area contributed by atoms with E-state index in [1.54, 1.807) is 7.11 Å². The minimum atomic E-state index is 0.819. The topological polar surface area (TPSA) is 21.3 Å². The monoisotopic (exact) mass is 177 g/mol. The number of methoxy groups -OCH3 is 1. The highest BCUT2D eigenvalue weighted by Crippen LogP contribution is 1.76. The number of ether oxygens (including phenoxy) is 1. The molecule has 1 N–H and O–H groups in total. The molecule has 12 heavy (non-hydrogen) atoms. The van der Waals surface area contributed by atoms with Crippen molar-refractivity contribution in [2.75, 3.05) is 27.3 Å². The van der Waals surface area contributed by atoms with Gasteiger partial charge < -0.3 is 10.1 Å². The molecule has 0 radical (unpaired) electrons. The van der Waals surface area contributed by atoms with E-state index in [9.17, 15) is 0 Å². The second kappa shape index (κ2) is 30.7. The number of hydrogen-bond acceptors (Lipinski definition) is 2. The van der Waals surface area contributed by atoms with Crippen LogP contribution >= 0.6 is 0 Å². The minimum Gasteiger partial charge on any atom is -0.385 e. The molecule has 0 aliphatic heterocycles. The molecule has 0 aromatic heterocycles. The fourth-order valence-corrected chi connectivity index (χ4v) is 0. The largest absolute Gasteiger partial charge is 0.385 e. The van der Waals surface area contributed by atoms with Crippen LogP contribution in [-0.4, -0.2) is 27.3 Å². The van der Waals surface area contributed by atoms with Gasteiger partial charge in [0.2, 0.25) is 0 Å². The van der Waals surface area contributed by atoms with Crippen molar-refractivity contribution in [3.05, 3.63) is 0 Å². The van der Waals surface area contributed by atoms with Crippen LogP contribution in [0.15, 0.2) is 0 Å². The van der Waals surface area contributed by atoms with Gasteiger partial charge in [-0.15, -0.1) is 0 Å². The molecule has 2 heteroatoms. The van der Waals surface area contributed by atoms with Crippen LogP contribution in [0.5, 0.6) is 0 Å². The zero-order valence-corrected chi connectivity index (χ0v) is 9.74. The Morgan fingerprint density at radius 2 is 1.25 bits per heavy atom. The van der Waals surface area contributed by atoms with Crippen LogP contribution in [-0.2, 0) is 4.74 Å². The van der Waals surface area contributed by atoms with Crippen molar-refractivity contribution in [1.29, 1.82) is 0 Å². The predicted molar refractivity (Wildman–Crippen MR) is 57.7 cm³/mol. The minimum absolute atomic E-state index is 0.819. The lowest BCUT2D eigenvalue weighted by Crippen LogP contribution is -2.01. The van der Waals surface area contributed by atoms with Crippen molar-refractivity contribution >= 4 is 0 Å². The summed E-state index contributed by atoms with van der Waals surface area (Å²) in [6.07, 6.45) is 2.64. The van der Waals surface area contributed by atoms with E-state index in [1.165, 1.54) is 12.8 Å². The molecular formula is C10H27NO. The van der Waals surface area contributed by atoms with Crippen LogP contribution in [0, 0.1) is 0 Å². The Labute approximate surface area is 78.7 Å². The zero-order valence-electron chi connectivity index (χ0n) is 9.74. The van der Waals surface area contributed by atoms with Crippen molar-refractivity contribution in [2.45, 2.75) is 40.5 Å². The molecule has 0 rings (SSSR count). The standard InChI is InChI=1S/C4H10.C3H9N.C3H8O/c3*1-3-4-2/h3-4H2,1-2H3;4H,3H2,1-2H3;3H2,1-2H3. The molecular weight excluding hydrogens is 150 g/mol. The van der Waals surface area contributed by atoms with Gasteiger partial charge in [-0.3, -0.25) is 0 Å². The van der Waals surface area contributed by atoms with Gasteiger partial charge >= 0.3 is 0 Å². The molecule has 0 fully saturated rings. The normalized spacial score (nSPS) is 7.50. The van der Waals surface area contributed by atoms with Crippen LogP contribution in [0.4, 0.5) is 0 Å². The van der Waals surface area contributed by atoms with Crippen LogP contribution in [0.2, 0.25) is 0 Å². The van der Waals surface area contributed by atoms with E-state index >= 15 is 0 Å². The molecule has 0 aromatic rings. The second-order valence-electron chi connectivity index (χ2n) is 2.28. The molecule has 0 spiro atoms. The summed E-state index contributed by atoms with van der Waals surface area (Å²) in [5.74, 6) is 0. The highest BCUT2D eigenvalue weighted by Gasteiger charge is 1.56. The van der Waals surface area contributed by atoms with E-state index in [-0.39, 0.29) is 0 Å². The van der Waals surface area contributed by atoms with Gasteiger partial charge in [0, 0.05) is 13.7 Å². The first-order valence-electron chi connectivity index (χ1n) is 4.88. The van der Waals surface area contributed by atoms with Gasteiger partial charge in [0.15, 0.2) is 0 Å². The number of hydrogen-bond donors (Lipinski definition) is 1. The first-order chi connectivity index (χ1) is 5.74. The number of unbranched alkanes of at least 4 members (excludes halogenated alkanes) is 1.